The third kappa shape index (κ3) is 3.64. The molecule has 1 aromatic rings. The minimum absolute atomic E-state index is 0.0155. The van der Waals surface area contributed by atoms with Crippen LogP contribution in [0.2, 0.25) is 0 Å². The molecule has 1 saturated carbocycles. The molecule has 0 spiro atoms. The van der Waals surface area contributed by atoms with Gasteiger partial charge in [0, 0.05) is 0 Å². The lowest BCUT2D eigenvalue weighted by molar-refractivity contribution is -0.150. The summed E-state index contributed by atoms with van der Waals surface area (Å²) in [5, 5.41) is 4.48. The van der Waals surface area contributed by atoms with E-state index < -0.39 is 65.6 Å². The second kappa shape index (κ2) is 7.13. The summed E-state index contributed by atoms with van der Waals surface area (Å²) in [6, 6.07) is 0.693. The first-order valence-corrected chi connectivity index (χ1v) is 8.36. The van der Waals surface area contributed by atoms with Crippen LogP contribution in [0, 0.1) is 23.4 Å². The number of nitrogens with one attached hydrogen (secondary N) is 2. The van der Waals surface area contributed by atoms with E-state index in [0.29, 0.717) is 11.0 Å². The molecule has 4 amide bonds. The zero-order valence-electron chi connectivity index (χ0n) is 14.7. The fourth-order valence-electron chi connectivity index (χ4n) is 2.93. The molecule has 11 heteroatoms. The number of hydrogen-bond donors (Lipinski definition) is 2. The first-order valence-electron chi connectivity index (χ1n) is 8.36. The Bertz CT molecular complexity index is 874. The molecule has 1 aliphatic carbocycles. The van der Waals surface area contributed by atoms with Gasteiger partial charge in [-0.3, -0.25) is 19.3 Å². The molecule has 150 valence electrons. The van der Waals surface area contributed by atoms with Gasteiger partial charge in [-0.25, -0.2) is 18.0 Å². The number of halogens is 3. The van der Waals surface area contributed by atoms with E-state index in [2.05, 4.69) is 10.1 Å². The van der Waals surface area contributed by atoms with E-state index in [1.165, 1.54) is 0 Å². The molecule has 1 atom stereocenters. The van der Waals surface area contributed by atoms with Crippen molar-refractivity contribution in [3.8, 4) is 0 Å². The number of hydrogen-bond acceptors (Lipinski definition) is 5. The average molecular weight is 399 g/mol. The van der Waals surface area contributed by atoms with Crippen LogP contribution in [0.25, 0.3) is 0 Å². The van der Waals surface area contributed by atoms with E-state index in [9.17, 15) is 32.3 Å². The van der Waals surface area contributed by atoms with Crippen molar-refractivity contribution < 1.29 is 37.1 Å². The smallest absolute Gasteiger partial charge is 0.326 e. The highest BCUT2D eigenvalue weighted by atomic mass is 19.2. The molecule has 8 nitrogen and oxygen atoms in total. The molecule has 0 radical (unpaired) electrons. The van der Waals surface area contributed by atoms with Crippen molar-refractivity contribution >= 4 is 29.5 Å². The zero-order chi connectivity index (χ0) is 20.6. The maximum atomic E-state index is 13.5. The monoisotopic (exact) mass is 399 g/mol. The molecule has 1 heterocycles. The Hall–Kier alpha value is -3.11. The number of anilines is 1. The van der Waals surface area contributed by atoms with Crippen LogP contribution >= 0.6 is 0 Å². The third-order valence-electron chi connectivity index (χ3n) is 4.66. The van der Waals surface area contributed by atoms with Gasteiger partial charge in [0.15, 0.2) is 24.1 Å². The summed E-state index contributed by atoms with van der Waals surface area (Å²) in [5.41, 5.74) is -1.69. The highest BCUT2D eigenvalue weighted by Crippen LogP contribution is 2.42. The van der Waals surface area contributed by atoms with Crippen LogP contribution in [0.15, 0.2) is 12.1 Å². The molecular formula is C17H16F3N3O5. The van der Waals surface area contributed by atoms with E-state index in [4.69, 9.17) is 0 Å². The summed E-state index contributed by atoms with van der Waals surface area (Å²) in [4.78, 5) is 48.6. The van der Waals surface area contributed by atoms with Crippen LogP contribution in [0.4, 0.5) is 23.7 Å². The third-order valence-corrected chi connectivity index (χ3v) is 4.66. The Morgan fingerprint density at radius 1 is 1.25 bits per heavy atom. The van der Waals surface area contributed by atoms with Gasteiger partial charge in [0.25, 0.3) is 11.8 Å². The van der Waals surface area contributed by atoms with Crippen molar-refractivity contribution in [2.75, 3.05) is 18.5 Å². The summed E-state index contributed by atoms with van der Waals surface area (Å²) in [7, 11) is 0. The van der Waals surface area contributed by atoms with Crippen molar-refractivity contribution in [3.63, 3.8) is 0 Å². The zero-order valence-corrected chi connectivity index (χ0v) is 14.7. The summed E-state index contributed by atoms with van der Waals surface area (Å²) in [6.07, 6.45) is 1.59. The number of benzene rings is 1. The van der Waals surface area contributed by atoms with Crippen molar-refractivity contribution in [2.45, 2.75) is 25.3 Å². The van der Waals surface area contributed by atoms with Crippen LogP contribution in [-0.2, 0) is 19.1 Å². The van der Waals surface area contributed by atoms with Gasteiger partial charge in [-0.2, -0.15) is 0 Å². The normalized spacial score (nSPS) is 21.5. The predicted molar refractivity (Wildman–Crippen MR) is 87.3 cm³/mol. The summed E-state index contributed by atoms with van der Waals surface area (Å²) < 4.78 is 44.1. The lowest BCUT2D eigenvalue weighted by Crippen LogP contribution is -2.46. The van der Waals surface area contributed by atoms with Crippen LogP contribution in [-0.4, -0.2) is 47.4 Å². The van der Waals surface area contributed by atoms with Crippen LogP contribution in [0.5, 0.6) is 0 Å². The number of urea groups is 1. The summed E-state index contributed by atoms with van der Waals surface area (Å²) in [6.45, 7) is 0.0145. The molecule has 3 rings (SSSR count). The molecular weight excluding hydrogens is 383 g/mol. The van der Waals surface area contributed by atoms with Crippen LogP contribution < -0.4 is 10.6 Å². The van der Waals surface area contributed by atoms with Gasteiger partial charge < -0.3 is 15.4 Å². The number of carbonyl (C=O) groups excluding carboxylic acids is 4. The summed E-state index contributed by atoms with van der Waals surface area (Å²) >= 11 is 0. The maximum absolute atomic E-state index is 13.5. The quantitative estimate of drug-likeness (QED) is 0.426. The molecule has 0 bridgehead atoms. The number of imide groups is 1. The summed E-state index contributed by atoms with van der Waals surface area (Å²) in [5.74, 6) is -7.37. The molecule has 28 heavy (non-hydrogen) atoms. The van der Waals surface area contributed by atoms with Gasteiger partial charge in [-0.15, -0.1) is 0 Å². The number of carbonyl (C=O) groups is 4. The largest absolute Gasteiger partial charge is 0.454 e. The number of nitrogens with zero attached hydrogens (tertiary/aromatic N) is 1. The Kier molecular flexibility index (Phi) is 5.01. The Balaban J connectivity index is 1.52. The molecule has 0 aromatic heterocycles. The molecule has 1 aliphatic heterocycles. The van der Waals surface area contributed by atoms with Gasteiger partial charge in [-0.1, -0.05) is 0 Å². The van der Waals surface area contributed by atoms with E-state index in [0.717, 1.165) is 18.9 Å². The average Bonchev–Trinajstić information content (AvgIpc) is 3.47. The van der Waals surface area contributed by atoms with Crippen molar-refractivity contribution in [2.24, 2.45) is 5.92 Å². The second-order valence-electron chi connectivity index (χ2n) is 6.73. The topological polar surface area (TPSA) is 105 Å². The van der Waals surface area contributed by atoms with Gasteiger partial charge in [0.2, 0.25) is 0 Å². The van der Waals surface area contributed by atoms with Crippen LogP contribution in [0.3, 0.4) is 0 Å². The molecule has 0 unspecified atom stereocenters. The van der Waals surface area contributed by atoms with Crippen LogP contribution in [0.1, 0.15) is 19.8 Å². The van der Waals surface area contributed by atoms with E-state index in [-0.39, 0.29) is 5.92 Å². The van der Waals surface area contributed by atoms with Gasteiger partial charge in [-0.05, 0) is 37.8 Å². The second-order valence-corrected chi connectivity index (χ2v) is 6.73. The lowest BCUT2D eigenvalue weighted by Gasteiger charge is -2.20. The fourth-order valence-corrected chi connectivity index (χ4v) is 2.93. The molecule has 2 aliphatic rings. The van der Waals surface area contributed by atoms with Gasteiger partial charge in [0.1, 0.15) is 12.1 Å². The fraction of sp³-hybridized carbons (Fsp3) is 0.412. The number of esters is 1. The highest BCUT2D eigenvalue weighted by Gasteiger charge is 2.56. The first kappa shape index (κ1) is 19.6. The number of ether oxygens (including phenoxy) is 1. The van der Waals surface area contributed by atoms with Crippen molar-refractivity contribution in [1.82, 2.24) is 10.2 Å². The lowest BCUT2D eigenvalue weighted by atomic mass is 9.96. The molecule has 2 N–H and O–H groups in total. The first-order chi connectivity index (χ1) is 13.1. The number of amides is 4. The van der Waals surface area contributed by atoms with E-state index in [1.54, 1.807) is 6.92 Å². The minimum Gasteiger partial charge on any atom is -0.454 e. The maximum Gasteiger partial charge on any atom is 0.326 e. The van der Waals surface area contributed by atoms with E-state index in [1.807, 2.05) is 5.32 Å². The highest BCUT2D eigenvalue weighted by molar-refractivity contribution is 6.09. The van der Waals surface area contributed by atoms with Gasteiger partial charge >= 0.3 is 12.0 Å². The number of rotatable bonds is 6. The Morgan fingerprint density at radius 2 is 1.93 bits per heavy atom. The predicted octanol–water partition coefficient (Wildman–Crippen LogP) is 1.31. The van der Waals surface area contributed by atoms with E-state index >= 15 is 0 Å². The van der Waals surface area contributed by atoms with Crippen molar-refractivity contribution in [3.05, 3.63) is 29.6 Å². The molecule has 2 fully saturated rings. The van der Waals surface area contributed by atoms with Gasteiger partial charge in [0.05, 0.1) is 5.69 Å². The molecule has 1 saturated heterocycles. The minimum atomic E-state index is -1.76. The molecule has 1 aromatic carbocycles. The Morgan fingerprint density at radius 3 is 2.57 bits per heavy atom. The van der Waals surface area contributed by atoms with Crippen molar-refractivity contribution in [1.29, 1.82) is 0 Å². The SMILES string of the molecule is C[C@@]1(C2CC2)NC(=O)N(CC(=O)OCC(=O)Nc2ccc(F)c(F)c2F)C1=O. The Labute approximate surface area is 157 Å². The standard InChI is InChI=1S/C17H16F3N3O5/c1-17(8-2-3-8)15(26)23(16(27)22-17)6-12(25)28-7-11(24)21-10-5-4-9(18)13(19)14(10)20/h4-5,8H,2-3,6-7H2,1H3,(H,21,24)(H,22,27)/t17-/m0/s1.